The summed E-state index contributed by atoms with van der Waals surface area (Å²) in [6, 6.07) is 3.44. The molecule has 1 aromatic rings. The maximum Gasteiger partial charge on any atom is 0.350 e. The lowest BCUT2D eigenvalue weighted by Crippen LogP contribution is -2.42. The molecule has 2 N–H and O–H groups in total. The fourth-order valence-electron chi connectivity index (χ4n) is 1.60. The summed E-state index contributed by atoms with van der Waals surface area (Å²) >= 11 is 5.23. The van der Waals surface area contributed by atoms with Crippen molar-refractivity contribution in [3.8, 4) is 5.75 Å². The number of benzene rings is 1. The molecule has 0 atom stereocenters. The second-order valence-electron chi connectivity index (χ2n) is 4.63. The number of aromatic hydroxyl groups is 1. The van der Waals surface area contributed by atoms with Crippen molar-refractivity contribution in [1.29, 1.82) is 0 Å². The van der Waals surface area contributed by atoms with Crippen molar-refractivity contribution in [3.63, 3.8) is 0 Å². The van der Waals surface area contributed by atoms with Gasteiger partial charge in [0.15, 0.2) is 11.3 Å². The van der Waals surface area contributed by atoms with Gasteiger partial charge in [0.1, 0.15) is 0 Å². The summed E-state index contributed by atoms with van der Waals surface area (Å²) in [6.45, 7) is 2.93. The normalized spacial score (nSPS) is 17.0. The second-order valence-corrected chi connectivity index (χ2v) is 6.65. The van der Waals surface area contributed by atoms with Crippen LogP contribution in [-0.2, 0) is 19.1 Å². The molecule has 0 saturated carbocycles. The van der Waals surface area contributed by atoms with Crippen LogP contribution in [0.4, 0.5) is 5.69 Å². The first-order chi connectivity index (χ1) is 9.71. The Morgan fingerprint density at radius 3 is 2.43 bits per heavy atom. The number of ether oxygens (including phenoxy) is 2. The van der Waals surface area contributed by atoms with Crippen LogP contribution in [0.1, 0.15) is 13.8 Å². The van der Waals surface area contributed by atoms with Crippen molar-refractivity contribution in [1.82, 2.24) is 0 Å². The summed E-state index contributed by atoms with van der Waals surface area (Å²) in [5.74, 6) is -2.86. The minimum Gasteiger partial charge on any atom is -0.505 e. The Morgan fingerprint density at radius 1 is 1.29 bits per heavy atom. The van der Waals surface area contributed by atoms with Crippen molar-refractivity contribution in [2.24, 2.45) is 0 Å². The van der Waals surface area contributed by atoms with E-state index in [9.17, 15) is 14.7 Å². The standard InChI is InChI=1S/C13H11BrINO5/c1-13(2)20-11(18)6(12(19)21-13)5-16-9-7(14)3-4-8(15)10(9)17/h3-5,16-17H,1-2H3. The van der Waals surface area contributed by atoms with E-state index in [1.54, 1.807) is 12.1 Å². The molecule has 0 amide bonds. The topological polar surface area (TPSA) is 84.9 Å². The first-order valence-corrected chi connectivity index (χ1v) is 7.69. The minimum atomic E-state index is -1.28. The number of rotatable bonds is 2. The number of cyclic esters (lactones) is 2. The molecule has 1 aromatic carbocycles. The monoisotopic (exact) mass is 467 g/mol. The van der Waals surface area contributed by atoms with Crippen LogP contribution < -0.4 is 5.32 Å². The van der Waals surface area contributed by atoms with E-state index in [1.807, 2.05) is 22.6 Å². The summed E-state index contributed by atoms with van der Waals surface area (Å²) in [7, 11) is 0. The number of esters is 2. The molecule has 21 heavy (non-hydrogen) atoms. The van der Waals surface area contributed by atoms with E-state index >= 15 is 0 Å². The largest absolute Gasteiger partial charge is 0.505 e. The minimum absolute atomic E-state index is 0.000279. The molecule has 6 nitrogen and oxygen atoms in total. The van der Waals surface area contributed by atoms with Crippen LogP contribution in [0.25, 0.3) is 0 Å². The smallest absolute Gasteiger partial charge is 0.350 e. The van der Waals surface area contributed by atoms with E-state index in [4.69, 9.17) is 9.47 Å². The number of hydrogen-bond donors (Lipinski definition) is 2. The molecule has 112 valence electrons. The predicted octanol–water partition coefficient (Wildman–Crippen LogP) is 2.89. The maximum absolute atomic E-state index is 11.8. The van der Waals surface area contributed by atoms with Crippen molar-refractivity contribution in [3.05, 3.63) is 31.9 Å². The van der Waals surface area contributed by atoms with Crippen molar-refractivity contribution in [2.45, 2.75) is 19.6 Å². The highest BCUT2D eigenvalue weighted by Gasteiger charge is 2.39. The first kappa shape index (κ1) is 16.1. The Hall–Kier alpha value is -1.29. The molecule has 1 heterocycles. The third kappa shape index (κ3) is 3.49. The lowest BCUT2D eigenvalue weighted by molar-refractivity contribution is -0.222. The van der Waals surface area contributed by atoms with Crippen molar-refractivity contribution < 1.29 is 24.2 Å². The zero-order chi connectivity index (χ0) is 15.8. The Kier molecular flexibility index (Phi) is 4.47. The Labute approximate surface area is 142 Å². The van der Waals surface area contributed by atoms with Crippen LogP contribution >= 0.6 is 38.5 Å². The number of hydrogen-bond acceptors (Lipinski definition) is 6. The van der Waals surface area contributed by atoms with Gasteiger partial charge < -0.3 is 19.9 Å². The highest BCUT2D eigenvalue weighted by atomic mass is 127. The van der Waals surface area contributed by atoms with Gasteiger partial charge >= 0.3 is 11.9 Å². The van der Waals surface area contributed by atoms with E-state index in [0.717, 1.165) is 6.20 Å². The summed E-state index contributed by atoms with van der Waals surface area (Å²) in [6.07, 6.45) is 1.15. The summed E-state index contributed by atoms with van der Waals surface area (Å²) in [5.41, 5.74) is 0.0549. The first-order valence-electron chi connectivity index (χ1n) is 5.81. The van der Waals surface area contributed by atoms with Crippen LogP contribution in [0.5, 0.6) is 5.75 Å². The molecule has 1 aliphatic rings. The zero-order valence-corrected chi connectivity index (χ0v) is 14.8. The van der Waals surface area contributed by atoms with Gasteiger partial charge in [0.25, 0.3) is 5.79 Å². The molecule has 8 heteroatoms. The van der Waals surface area contributed by atoms with Crippen LogP contribution in [-0.4, -0.2) is 22.8 Å². The average molecular weight is 468 g/mol. The van der Waals surface area contributed by atoms with Crippen LogP contribution in [0.15, 0.2) is 28.4 Å². The summed E-state index contributed by atoms with van der Waals surface area (Å²) in [5, 5.41) is 12.7. The number of halogens is 2. The number of phenols is 1. The molecule has 1 fully saturated rings. The Bertz CT molecular complexity index is 634. The Morgan fingerprint density at radius 2 is 1.86 bits per heavy atom. The molecular formula is C13H11BrINO5. The fraction of sp³-hybridized carbons (Fsp3) is 0.231. The van der Waals surface area contributed by atoms with E-state index in [-0.39, 0.29) is 11.3 Å². The molecule has 1 saturated heterocycles. The number of carbonyl (C=O) groups is 2. The quantitative estimate of drug-likeness (QED) is 0.229. The number of nitrogens with one attached hydrogen (secondary N) is 1. The van der Waals surface area contributed by atoms with Gasteiger partial charge in [0.2, 0.25) is 0 Å². The zero-order valence-electron chi connectivity index (χ0n) is 11.1. The van der Waals surface area contributed by atoms with Crippen molar-refractivity contribution >= 4 is 56.1 Å². The van der Waals surface area contributed by atoms with Crippen molar-refractivity contribution in [2.75, 3.05) is 5.32 Å². The second kappa shape index (κ2) is 5.84. The molecule has 1 aliphatic heterocycles. The molecule has 2 rings (SSSR count). The highest BCUT2D eigenvalue weighted by molar-refractivity contribution is 14.1. The predicted molar refractivity (Wildman–Crippen MR) is 86.5 cm³/mol. The van der Waals surface area contributed by atoms with Gasteiger partial charge in [-0.1, -0.05) is 0 Å². The van der Waals surface area contributed by atoms with Crippen LogP contribution in [0.2, 0.25) is 0 Å². The number of anilines is 1. The SMILES string of the molecule is CC1(C)OC(=O)C(=CNc2c(Br)ccc(I)c2O)C(=O)O1. The van der Waals surface area contributed by atoms with E-state index < -0.39 is 17.7 Å². The van der Waals surface area contributed by atoms with Gasteiger partial charge in [-0.15, -0.1) is 0 Å². The fourth-order valence-corrected chi connectivity index (χ4v) is 2.49. The van der Waals surface area contributed by atoms with Gasteiger partial charge in [-0.3, -0.25) is 0 Å². The summed E-state index contributed by atoms with van der Waals surface area (Å²) in [4.78, 5) is 23.5. The lowest BCUT2D eigenvalue weighted by Gasteiger charge is -2.29. The summed E-state index contributed by atoms with van der Waals surface area (Å²) < 4.78 is 11.1. The molecule has 0 radical (unpaired) electrons. The van der Waals surface area contributed by atoms with Gasteiger partial charge in [-0.25, -0.2) is 9.59 Å². The van der Waals surface area contributed by atoms with E-state index in [0.29, 0.717) is 13.7 Å². The highest BCUT2D eigenvalue weighted by Crippen LogP contribution is 2.36. The van der Waals surface area contributed by atoms with Gasteiger partial charge in [-0.2, -0.15) is 0 Å². The third-order valence-electron chi connectivity index (χ3n) is 2.56. The number of carbonyl (C=O) groups excluding carboxylic acids is 2. The molecule has 0 spiro atoms. The maximum atomic E-state index is 11.8. The van der Waals surface area contributed by atoms with Gasteiger partial charge in [0, 0.05) is 24.5 Å². The Balaban J connectivity index is 2.28. The lowest BCUT2D eigenvalue weighted by atomic mass is 10.2. The molecule has 0 bridgehead atoms. The molecule has 0 unspecified atom stereocenters. The molecule has 0 aromatic heterocycles. The third-order valence-corrected chi connectivity index (χ3v) is 4.09. The average Bonchev–Trinajstić information content (AvgIpc) is 2.35. The van der Waals surface area contributed by atoms with Crippen LogP contribution in [0.3, 0.4) is 0 Å². The molecule has 0 aliphatic carbocycles. The molecular weight excluding hydrogens is 457 g/mol. The van der Waals surface area contributed by atoms with Gasteiger partial charge in [0.05, 0.1) is 9.26 Å². The van der Waals surface area contributed by atoms with Crippen LogP contribution in [0, 0.1) is 3.57 Å². The van der Waals surface area contributed by atoms with E-state index in [2.05, 4.69) is 21.2 Å². The van der Waals surface area contributed by atoms with Gasteiger partial charge in [-0.05, 0) is 50.7 Å². The number of phenolic OH excluding ortho intramolecular Hbond substituents is 1. The van der Waals surface area contributed by atoms with E-state index in [1.165, 1.54) is 13.8 Å².